The number of rotatable bonds is 6. The molecule has 3 aromatic rings. The minimum absolute atomic E-state index is 0.0653. The Bertz CT molecular complexity index is 885. The van der Waals surface area contributed by atoms with Crippen LogP contribution in [0, 0.1) is 0 Å². The summed E-state index contributed by atoms with van der Waals surface area (Å²) < 4.78 is 9.35. The van der Waals surface area contributed by atoms with Crippen molar-refractivity contribution in [2.24, 2.45) is 10.2 Å². The number of fused-ring (bicyclic) bond motifs is 1. The van der Waals surface area contributed by atoms with Crippen molar-refractivity contribution < 1.29 is 9.84 Å². The van der Waals surface area contributed by atoms with E-state index in [9.17, 15) is 5.11 Å². The van der Waals surface area contributed by atoms with E-state index in [1.807, 2.05) is 6.92 Å². The zero-order valence-electron chi connectivity index (χ0n) is 12.6. The third kappa shape index (κ3) is 3.58. The number of nitrogens with zero attached hydrogens (tertiary/aromatic N) is 5. The Hall–Kier alpha value is -2.36. The van der Waals surface area contributed by atoms with Gasteiger partial charge in [-0.3, -0.25) is 0 Å². The summed E-state index contributed by atoms with van der Waals surface area (Å²) >= 11 is 7.18. The zero-order valence-corrected chi connectivity index (χ0v) is 14.2. The number of aromatic hydroxyl groups is 1. The summed E-state index contributed by atoms with van der Waals surface area (Å²) in [5.74, 6) is -0.0653. The van der Waals surface area contributed by atoms with E-state index in [1.54, 1.807) is 18.5 Å². The van der Waals surface area contributed by atoms with E-state index < -0.39 is 0 Å². The van der Waals surface area contributed by atoms with Crippen LogP contribution in [0.2, 0.25) is 5.02 Å². The highest BCUT2D eigenvalue weighted by Crippen LogP contribution is 2.37. The molecule has 0 aliphatic carbocycles. The maximum atomic E-state index is 9.97. The number of benzene rings is 1. The first-order chi connectivity index (χ1) is 11.7. The molecule has 2 N–H and O–H groups in total. The Morgan fingerprint density at radius 2 is 2.12 bits per heavy atom. The molecule has 0 unspecified atom stereocenters. The SMILES string of the molecule is CCOCNc1cc(/N=N/c2snc3nccnc23)cc(Cl)c1O. The van der Waals surface area contributed by atoms with Crippen LogP contribution < -0.4 is 5.32 Å². The normalized spacial score (nSPS) is 11.4. The van der Waals surface area contributed by atoms with Crippen LogP contribution in [0.25, 0.3) is 11.2 Å². The van der Waals surface area contributed by atoms with Crippen LogP contribution in [0.4, 0.5) is 16.4 Å². The Labute approximate surface area is 146 Å². The molecule has 24 heavy (non-hydrogen) atoms. The molecule has 10 heteroatoms. The van der Waals surface area contributed by atoms with Crippen molar-refractivity contribution in [3.63, 3.8) is 0 Å². The molecule has 3 rings (SSSR count). The molecule has 0 amide bonds. The van der Waals surface area contributed by atoms with Crippen molar-refractivity contribution in [2.75, 3.05) is 18.7 Å². The molecule has 1 aromatic carbocycles. The number of hydrogen-bond acceptors (Lipinski definition) is 9. The van der Waals surface area contributed by atoms with Gasteiger partial charge in [-0.05, 0) is 30.6 Å². The smallest absolute Gasteiger partial charge is 0.193 e. The third-order valence-corrected chi connectivity index (χ3v) is 3.97. The monoisotopic (exact) mass is 364 g/mol. The maximum Gasteiger partial charge on any atom is 0.193 e. The Morgan fingerprint density at radius 3 is 2.96 bits per heavy atom. The second-order valence-corrected chi connectivity index (χ2v) is 5.71. The second kappa shape index (κ2) is 7.47. The summed E-state index contributed by atoms with van der Waals surface area (Å²) in [5.41, 5.74) is 2.01. The van der Waals surface area contributed by atoms with Gasteiger partial charge in [-0.15, -0.1) is 10.2 Å². The topological polar surface area (TPSA) is 105 Å². The Morgan fingerprint density at radius 1 is 1.29 bits per heavy atom. The molecule has 0 bridgehead atoms. The quantitative estimate of drug-likeness (QED) is 0.293. The highest BCUT2D eigenvalue weighted by atomic mass is 35.5. The molecule has 0 aliphatic rings. The van der Waals surface area contributed by atoms with Crippen molar-refractivity contribution in [1.29, 1.82) is 0 Å². The summed E-state index contributed by atoms with van der Waals surface area (Å²) in [6.45, 7) is 2.68. The largest absolute Gasteiger partial charge is 0.504 e. The van der Waals surface area contributed by atoms with Crippen molar-refractivity contribution in [3.05, 3.63) is 29.5 Å². The number of aromatic nitrogens is 3. The predicted octanol–water partition coefficient (Wildman–Crippen LogP) is 4.27. The number of phenols is 1. The summed E-state index contributed by atoms with van der Waals surface area (Å²) in [6, 6.07) is 3.14. The van der Waals surface area contributed by atoms with Gasteiger partial charge in [0.05, 0.1) is 16.4 Å². The molecule has 2 heterocycles. The van der Waals surface area contributed by atoms with Crippen molar-refractivity contribution in [3.8, 4) is 5.75 Å². The standard InChI is InChI=1S/C14H13ClN6O2S/c1-2-23-7-18-10-6-8(5-9(15)12(10)22)19-20-14-11-13(21-24-14)17-4-3-16-11/h3-6,18,22H,2,7H2,1H3/b20-19+. The van der Waals surface area contributed by atoms with E-state index in [0.717, 1.165) is 11.5 Å². The summed E-state index contributed by atoms with van der Waals surface area (Å²) in [5, 5.41) is 21.9. The minimum atomic E-state index is -0.0653. The van der Waals surface area contributed by atoms with Crippen molar-refractivity contribution >= 4 is 50.7 Å². The lowest BCUT2D eigenvalue weighted by Crippen LogP contribution is -2.05. The average Bonchev–Trinajstić information content (AvgIpc) is 3.00. The van der Waals surface area contributed by atoms with Crippen LogP contribution in [-0.4, -0.2) is 32.8 Å². The van der Waals surface area contributed by atoms with Crippen LogP contribution in [0.3, 0.4) is 0 Å². The fourth-order valence-corrected chi connectivity index (χ4v) is 2.68. The van der Waals surface area contributed by atoms with Gasteiger partial charge in [0, 0.05) is 19.0 Å². The van der Waals surface area contributed by atoms with Gasteiger partial charge < -0.3 is 15.2 Å². The summed E-state index contributed by atoms with van der Waals surface area (Å²) in [6.07, 6.45) is 3.14. The summed E-state index contributed by atoms with van der Waals surface area (Å²) in [4.78, 5) is 8.28. The molecule has 0 radical (unpaired) electrons. The fraction of sp³-hybridized carbons (Fsp3) is 0.214. The highest BCUT2D eigenvalue weighted by molar-refractivity contribution is 7.11. The maximum absolute atomic E-state index is 9.97. The predicted molar refractivity (Wildman–Crippen MR) is 92.6 cm³/mol. The second-order valence-electron chi connectivity index (χ2n) is 4.55. The molecule has 8 nitrogen and oxygen atoms in total. The Kier molecular flexibility index (Phi) is 5.14. The lowest BCUT2D eigenvalue weighted by Gasteiger charge is -2.10. The average molecular weight is 365 g/mol. The molecule has 0 aliphatic heterocycles. The van der Waals surface area contributed by atoms with Gasteiger partial charge in [0.2, 0.25) is 0 Å². The molecule has 2 aromatic heterocycles. The molecule has 124 valence electrons. The Balaban J connectivity index is 1.86. The van der Waals surface area contributed by atoms with Gasteiger partial charge in [0.1, 0.15) is 12.2 Å². The van der Waals surface area contributed by atoms with Crippen molar-refractivity contribution in [1.82, 2.24) is 14.3 Å². The molecular formula is C14H13ClN6O2S. The lowest BCUT2D eigenvalue weighted by atomic mass is 10.2. The molecule has 0 saturated heterocycles. The van der Waals surface area contributed by atoms with E-state index in [2.05, 4.69) is 29.9 Å². The van der Waals surface area contributed by atoms with E-state index in [1.165, 1.54) is 6.07 Å². The van der Waals surface area contributed by atoms with Crippen LogP contribution in [-0.2, 0) is 4.74 Å². The zero-order chi connectivity index (χ0) is 16.9. The number of phenolic OH excluding ortho intramolecular Hbond substituents is 1. The van der Waals surface area contributed by atoms with Crippen LogP contribution in [0.15, 0.2) is 34.8 Å². The fourth-order valence-electron chi connectivity index (χ4n) is 1.85. The van der Waals surface area contributed by atoms with E-state index in [4.69, 9.17) is 16.3 Å². The van der Waals surface area contributed by atoms with Gasteiger partial charge in [-0.2, -0.15) is 4.37 Å². The number of ether oxygens (including phenoxy) is 1. The molecule has 0 atom stereocenters. The van der Waals surface area contributed by atoms with Gasteiger partial charge in [-0.1, -0.05) is 11.6 Å². The molecule has 0 saturated carbocycles. The van der Waals surface area contributed by atoms with Crippen LogP contribution in [0.5, 0.6) is 5.75 Å². The molecule has 0 fully saturated rings. The van der Waals surface area contributed by atoms with E-state index in [-0.39, 0.29) is 17.5 Å². The van der Waals surface area contributed by atoms with E-state index >= 15 is 0 Å². The van der Waals surface area contributed by atoms with Crippen LogP contribution in [0.1, 0.15) is 6.92 Å². The minimum Gasteiger partial charge on any atom is -0.504 e. The number of azo groups is 1. The van der Waals surface area contributed by atoms with E-state index in [0.29, 0.717) is 34.1 Å². The van der Waals surface area contributed by atoms with Gasteiger partial charge >= 0.3 is 0 Å². The van der Waals surface area contributed by atoms with Gasteiger partial charge in [0.15, 0.2) is 16.4 Å². The lowest BCUT2D eigenvalue weighted by molar-refractivity contribution is 0.166. The third-order valence-electron chi connectivity index (χ3n) is 2.97. The first-order valence-electron chi connectivity index (χ1n) is 7.01. The summed E-state index contributed by atoms with van der Waals surface area (Å²) in [7, 11) is 0. The van der Waals surface area contributed by atoms with Crippen LogP contribution >= 0.6 is 23.1 Å². The van der Waals surface area contributed by atoms with Crippen molar-refractivity contribution in [2.45, 2.75) is 6.92 Å². The number of nitrogens with one attached hydrogen (secondary N) is 1. The van der Waals surface area contributed by atoms with Gasteiger partial charge in [0.25, 0.3) is 0 Å². The highest BCUT2D eigenvalue weighted by Gasteiger charge is 2.10. The molecule has 0 spiro atoms. The number of hydrogen-bond donors (Lipinski definition) is 2. The first kappa shape index (κ1) is 16.5. The first-order valence-corrected chi connectivity index (χ1v) is 8.16. The molecular weight excluding hydrogens is 352 g/mol. The number of anilines is 1. The van der Waals surface area contributed by atoms with Gasteiger partial charge in [-0.25, -0.2) is 9.97 Å². The number of halogens is 1.